The number of carbonyl (C=O) groups is 2. The van der Waals surface area contributed by atoms with Crippen LogP contribution in [0, 0.1) is 13.8 Å². The first-order valence-electron chi connectivity index (χ1n) is 7.40. The number of benzene rings is 2. The van der Waals surface area contributed by atoms with Gasteiger partial charge in [0.1, 0.15) is 5.75 Å². The van der Waals surface area contributed by atoms with E-state index in [2.05, 4.69) is 10.6 Å². The van der Waals surface area contributed by atoms with Crippen LogP contribution in [0.25, 0.3) is 0 Å². The second-order valence-corrected chi connectivity index (χ2v) is 5.77. The average molecular weight is 347 g/mol. The highest BCUT2D eigenvalue weighted by Gasteiger charge is 2.16. The Balaban J connectivity index is 2.03. The van der Waals surface area contributed by atoms with E-state index in [4.69, 9.17) is 16.3 Å². The van der Waals surface area contributed by atoms with Gasteiger partial charge in [0.05, 0.1) is 12.8 Å². The quantitative estimate of drug-likeness (QED) is 0.835. The fraction of sp³-hybridized carbons (Fsp3) is 0.222. The third kappa shape index (κ3) is 4.26. The molecule has 126 valence electrons. The molecule has 0 spiro atoms. The number of halogens is 1. The molecule has 0 fully saturated rings. The van der Waals surface area contributed by atoms with Gasteiger partial charge in [-0.2, -0.15) is 0 Å². The van der Waals surface area contributed by atoms with E-state index in [0.717, 1.165) is 16.7 Å². The predicted molar refractivity (Wildman–Crippen MR) is 94.4 cm³/mol. The van der Waals surface area contributed by atoms with Crippen LogP contribution >= 0.6 is 11.6 Å². The largest absolute Gasteiger partial charge is 0.495 e. The van der Waals surface area contributed by atoms with Gasteiger partial charge < -0.3 is 15.4 Å². The third-order valence-corrected chi connectivity index (χ3v) is 4.04. The maximum Gasteiger partial charge on any atom is 0.313 e. The topological polar surface area (TPSA) is 67.4 Å². The summed E-state index contributed by atoms with van der Waals surface area (Å²) in [7, 11) is 1.47. The van der Waals surface area contributed by atoms with Crippen molar-refractivity contribution in [2.75, 3.05) is 12.4 Å². The highest BCUT2D eigenvalue weighted by atomic mass is 35.5. The van der Waals surface area contributed by atoms with Crippen LogP contribution in [0.3, 0.4) is 0 Å². The van der Waals surface area contributed by atoms with E-state index in [0.29, 0.717) is 16.5 Å². The van der Waals surface area contributed by atoms with E-state index < -0.39 is 11.8 Å². The minimum Gasteiger partial charge on any atom is -0.495 e. The van der Waals surface area contributed by atoms with Crippen LogP contribution in [0.1, 0.15) is 16.7 Å². The minimum atomic E-state index is -0.761. The van der Waals surface area contributed by atoms with E-state index in [1.807, 2.05) is 31.2 Å². The monoisotopic (exact) mass is 346 g/mol. The van der Waals surface area contributed by atoms with Crippen LogP contribution in [0.4, 0.5) is 5.69 Å². The molecule has 0 bridgehead atoms. The number of nitrogens with one attached hydrogen (secondary N) is 2. The molecule has 2 aromatic rings. The highest BCUT2D eigenvalue weighted by Crippen LogP contribution is 2.30. The predicted octanol–water partition coefficient (Wildman–Crippen LogP) is 3.22. The molecule has 5 nitrogen and oxygen atoms in total. The first-order valence-corrected chi connectivity index (χ1v) is 7.78. The SMILES string of the molecule is COc1cc(Cl)c(C)cc1NC(=O)C(=O)NCc1ccccc1C. The number of aryl methyl sites for hydroxylation is 2. The van der Waals surface area contributed by atoms with Crippen molar-refractivity contribution in [2.45, 2.75) is 20.4 Å². The molecule has 0 aliphatic carbocycles. The van der Waals surface area contributed by atoms with Gasteiger partial charge in [-0.1, -0.05) is 35.9 Å². The molecule has 0 saturated heterocycles. The van der Waals surface area contributed by atoms with Gasteiger partial charge in [-0.05, 0) is 36.6 Å². The van der Waals surface area contributed by atoms with Crippen LogP contribution in [0.2, 0.25) is 5.02 Å². The second-order valence-electron chi connectivity index (χ2n) is 5.36. The molecular weight excluding hydrogens is 328 g/mol. The average Bonchev–Trinajstić information content (AvgIpc) is 2.56. The molecule has 0 atom stereocenters. The Morgan fingerprint density at radius 1 is 1.08 bits per heavy atom. The molecule has 0 aliphatic heterocycles. The zero-order valence-corrected chi connectivity index (χ0v) is 14.5. The van der Waals surface area contributed by atoms with Crippen molar-refractivity contribution in [3.63, 3.8) is 0 Å². The lowest BCUT2D eigenvalue weighted by molar-refractivity contribution is -0.136. The second kappa shape index (κ2) is 7.84. The van der Waals surface area contributed by atoms with Gasteiger partial charge in [0.15, 0.2) is 0 Å². The lowest BCUT2D eigenvalue weighted by Gasteiger charge is -2.12. The molecule has 2 aromatic carbocycles. The van der Waals surface area contributed by atoms with Crippen molar-refractivity contribution in [1.82, 2.24) is 5.32 Å². The third-order valence-electron chi connectivity index (χ3n) is 3.64. The van der Waals surface area contributed by atoms with Gasteiger partial charge in [-0.25, -0.2) is 0 Å². The van der Waals surface area contributed by atoms with E-state index in [9.17, 15) is 9.59 Å². The van der Waals surface area contributed by atoms with Crippen molar-refractivity contribution in [3.05, 3.63) is 58.1 Å². The zero-order chi connectivity index (χ0) is 17.7. The Bertz CT molecular complexity index is 775. The summed E-state index contributed by atoms with van der Waals surface area (Å²) in [5.74, 6) is -1.08. The van der Waals surface area contributed by atoms with Crippen molar-refractivity contribution < 1.29 is 14.3 Å². The summed E-state index contributed by atoms with van der Waals surface area (Å²) in [5, 5.41) is 5.67. The van der Waals surface area contributed by atoms with E-state index >= 15 is 0 Å². The molecule has 0 heterocycles. The molecule has 6 heteroatoms. The van der Waals surface area contributed by atoms with Crippen LogP contribution in [0.5, 0.6) is 5.75 Å². The lowest BCUT2D eigenvalue weighted by atomic mass is 10.1. The van der Waals surface area contributed by atoms with Crippen molar-refractivity contribution in [1.29, 1.82) is 0 Å². The van der Waals surface area contributed by atoms with Gasteiger partial charge in [-0.3, -0.25) is 9.59 Å². The number of carbonyl (C=O) groups excluding carboxylic acids is 2. The molecule has 2 N–H and O–H groups in total. The van der Waals surface area contributed by atoms with Crippen molar-refractivity contribution in [2.24, 2.45) is 0 Å². The van der Waals surface area contributed by atoms with Gasteiger partial charge in [0, 0.05) is 17.6 Å². The van der Waals surface area contributed by atoms with Crippen LogP contribution < -0.4 is 15.4 Å². The summed E-state index contributed by atoms with van der Waals surface area (Å²) < 4.78 is 5.18. The summed E-state index contributed by atoms with van der Waals surface area (Å²) in [5.41, 5.74) is 3.18. The lowest BCUT2D eigenvalue weighted by Crippen LogP contribution is -2.35. The summed E-state index contributed by atoms with van der Waals surface area (Å²) in [4.78, 5) is 24.1. The molecule has 0 aromatic heterocycles. The van der Waals surface area contributed by atoms with E-state index in [1.165, 1.54) is 7.11 Å². The number of anilines is 1. The summed E-state index contributed by atoms with van der Waals surface area (Å²) in [6, 6.07) is 10.9. The van der Waals surface area contributed by atoms with Crippen LogP contribution in [0.15, 0.2) is 36.4 Å². The minimum absolute atomic E-state index is 0.287. The van der Waals surface area contributed by atoms with Crippen molar-refractivity contribution >= 4 is 29.1 Å². The van der Waals surface area contributed by atoms with Crippen LogP contribution in [-0.2, 0) is 16.1 Å². The first-order chi connectivity index (χ1) is 11.4. The summed E-state index contributed by atoms with van der Waals surface area (Å²) in [6.45, 7) is 4.04. The Labute approximate surface area is 146 Å². The maximum absolute atomic E-state index is 12.1. The molecular formula is C18H19ClN2O3. The smallest absolute Gasteiger partial charge is 0.313 e. The van der Waals surface area contributed by atoms with Gasteiger partial charge >= 0.3 is 11.8 Å². The molecule has 2 amide bonds. The first kappa shape index (κ1) is 17.8. The number of hydrogen-bond acceptors (Lipinski definition) is 3. The number of ether oxygens (including phenoxy) is 1. The standard InChI is InChI=1S/C18H19ClN2O3/c1-11-6-4-5-7-13(11)10-20-17(22)18(23)21-15-8-12(2)14(19)9-16(15)24-3/h4-9H,10H2,1-3H3,(H,20,22)(H,21,23). The Hall–Kier alpha value is -2.53. The zero-order valence-electron chi connectivity index (χ0n) is 13.8. The molecule has 2 rings (SSSR count). The summed E-state index contributed by atoms with van der Waals surface area (Å²) >= 11 is 6.02. The number of methoxy groups -OCH3 is 1. The normalized spacial score (nSPS) is 10.2. The van der Waals surface area contributed by atoms with E-state index in [1.54, 1.807) is 19.1 Å². The Kier molecular flexibility index (Phi) is 5.82. The molecule has 24 heavy (non-hydrogen) atoms. The molecule has 0 saturated carbocycles. The highest BCUT2D eigenvalue weighted by molar-refractivity contribution is 6.40. The molecule has 0 radical (unpaired) electrons. The number of rotatable bonds is 4. The number of amides is 2. The van der Waals surface area contributed by atoms with Gasteiger partial charge in [0.25, 0.3) is 0 Å². The number of hydrogen-bond donors (Lipinski definition) is 2. The Morgan fingerprint density at radius 2 is 1.79 bits per heavy atom. The fourth-order valence-electron chi connectivity index (χ4n) is 2.17. The van der Waals surface area contributed by atoms with Crippen LogP contribution in [-0.4, -0.2) is 18.9 Å². The van der Waals surface area contributed by atoms with Gasteiger partial charge in [-0.15, -0.1) is 0 Å². The molecule has 0 unspecified atom stereocenters. The van der Waals surface area contributed by atoms with Crippen molar-refractivity contribution in [3.8, 4) is 5.75 Å². The molecule has 0 aliphatic rings. The maximum atomic E-state index is 12.1. The van der Waals surface area contributed by atoms with Gasteiger partial charge in [0.2, 0.25) is 0 Å². The fourth-order valence-corrected chi connectivity index (χ4v) is 2.33. The summed E-state index contributed by atoms with van der Waals surface area (Å²) in [6.07, 6.45) is 0. The van der Waals surface area contributed by atoms with E-state index in [-0.39, 0.29) is 6.54 Å². The Morgan fingerprint density at radius 3 is 2.46 bits per heavy atom.